The Labute approximate surface area is 122 Å². The highest BCUT2D eigenvalue weighted by molar-refractivity contribution is 8.27. The van der Waals surface area contributed by atoms with Crippen LogP contribution < -0.4 is 10.6 Å². The van der Waals surface area contributed by atoms with Crippen LogP contribution in [0, 0.1) is 17.0 Å². The lowest BCUT2D eigenvalue weighted by Crippen LogP contribution is -2.19. The van der Waals surface area contributed by atoms with Gasteiger partial charge in [0.2, 0.25) is 0 Å². The van der Waals surface area contributed by atoms with Gasteiger partial charge in [-0.1, -0.05) is 36.2 Å². The van der Waals surface area contributed by atoms with E-state index in [4.69, 9.17) is 29.8 Å². The standard InChI is InChI=1S/C11H5F2N3S3/c12-3-1-2-4(13)6-5(3)7(15-9(6)14)8-10(17)16-11(18)19-8/h1-2H,(H2,14,15)(H,16,17,18)/b8-7+. The van der Waals surface area contributed by atoms with Crippen molar-refractivity contribution in [3.8, 4) is 0 Å². The first kappa shape index (κ1) is 12.6. The van der Waals surface area contributed by atoms with Crippen LogP contribution in [0.3, 0.4) is 0 Å². The molecule has 1 saturated heterocycles. The Balaban J connectivity index is 2.29. The second kappa shape index (κ2) is 4.32. The molecular formula is C11H5F2N3S3. The van der Waals surface area contributed by atoms with Crippen LogP contribution in [0.5, 0.6) is 0 Å². The molecule has 0 spiro atoms. The molecule has 0 radical (unpaired) electrons. The van der Waals surface area contributed by atoms with Gasteiger partial charge in [-0.2, -0.15) is 0 Å². The zero-order valence-corrected chi connectivity index (χ0v) is 11.6. The maximum atomic E-state index is 13.9. The SMILES string of the molecule is N=C1N/C(=C2/SC(=S)NC2=S)c2c(F)ccc(F)c21. The largest absolute Gasteiger partial charge is 0.338 e. The van der Waals surface area contributed by atoms with Crippen molar-refractivity contribution in [2.24, 2.45) is 0 Å². The number of fused-ring (bicyclic) bond motifs is 1. The molecule has 3 rings (SSSR count). The first-order valence-electron chi connectivity index (χ1n) is 5.11. The molecule has 96 valence electrons. The number of hydrogen-bond donors (Lipinski definition) is 3. The van der Waals surface area contributed by atoms with E-state index in [9.17, 15) is 8.78 Å². The van der Waals surface area contributed by atoms with Gasteiger partial charge in [0.1, 0.15) is 26.8 Å². The van der Waals surface area contributed by atoms with Gasteiger partial charge >= 0.3 is 0 Å². The molecule has 0 aromatic heterocycles. The average molecular weight is 313 g/mol. The number of hydrogen-bond acceptors (Lipinski definition) is 4. The second-order valence-corrected chi connectivity index (χ2v) is 5.92. The fourth-order valence-electron chi connectivity index (χ4n) is 1.94. The fraction of sp³-hybridized carbons (Fsp3) is 0. The van der Waals surface area contributed by atoms with Gasteiger partial charge in [-0.25, -0.2) is 8.78 Å². The molecule has 3 nitrogen and oxygen atoms in total. The normalized spacial score (nSPS) is 21.5. The Bertz CT molecular complexity index is 697. The quantitative estimate of drug-likeness (QED) is 0.507. The molecule has 1 fully saturated rings. The van der Waals surface area contributed by atoms with Crippen LogP contribution in [-0.4, -0.2) is 15.1 Å². The first-order chi connectivity index (χ1) is 8.99. The molecule has 0 bridgehead atoms. The van der Waals surface area contributed by atoms with Gasteiger partial charge in [-0.05, 0) is 12.1 Å². The van der Waals surface area contributed by atoms with Crippen LogP contribution in [0.4, 0.5) is 8.78 Å². The molecule has 19 heavy (non-hydrogen) atoms. The van der Waals surface area contributed by atoms with Gasteiger partial charge in [0.25, 0.3) is 0 Å². The summed E-state index contributed by atoms with van der Waals surface area (Å²) in [5, 5.41) is 13.2. The van der Waals surface area contributed by atoms with Crippen molar-refractivity contribution in [3.63, 3.8) is 0 Å². The van der Waals surface area contributed by atoms with E-state index in [1.807, 2.05) is 0 Å². The molecule has 0 unspecified atom stereocenters. The molecule has 8 heteroatoms. The Kier molecular flexibility index (Phi) is 2.88. The van der Waals surface area contributed by atoms with Gasteiger partial charge in [0.05, 0.1) is 16.2 Å². The summed E-state index contributed by atoms with van der Waals surface area (Å²) in [6.07, 6.45) is 0. The van der Waals surface area contributed by atoms with E-state index in [-0.39, 0.29) is 17.0 Å². The third kappa shape index (κ3) is 1.87. The van der Waals surface area contributed by atoms with Gasteiger partial charge in [0.15, 0.2) is 0 Å². The van der Waals surface area contributed by atoms with E-state index in [2.05, 4.69) is 10.6 Å². The molecule has 2 aliphatic rings. The van der Waals surface area contributed by atoms with E-state index in [0.29, 0.717) is 19.9 Å². The zero-order chi connectivity index (χ0) is 13.7. The highest BCUT2D eigenvalue weighted by atomic mass is 32.2. The lowest BCUT2D eigenvalue weighted by atomic mass is 10.1. The molecule has 2 aliphatic heterocycles. The van der Waals surface area contributed by atoms with Crippen LogP contribution in [0.25, 0.3) is 5.70 Å². The number of thioether (sulfide) groups is 1. The lowest BCUT2D eigenvalue weighted by Gasteiger charge is -2.05. The van der Waals surface area contributed by atoms with E-state index >= 15 is 0 Å². The van der Waals surface area contributed by atoms with Crippen molar-refractivity contribution in [2.45, 2.75) is 0 Å². The van der Waals surface area contributed by atoms with Crippen molar-refractivity contribution in [1.29, 1.82) is 5.41 Å². The topological polar surface area (TPSA) is 47.9 Å². The van der Waals surface area contributed by atoms with Crippen molar-refractivity contribution in [2.75, 3.05) is 0 Å². The molecular weight excluding hydrogens is 308 g/mol. The van der Waals surface area contributed by atoms with Crippen LogP contribution in [0.2, 0.25) is 0 Å². The van der Waals surface area contributed by atoms with Crippen molar-refractivity contribution in [3.05, 3.63) is 39.8 Å². The summed E-state index contributed by atoms with van der Waals surface area (Å²) in [6, 6.07) is 2.03. The van der Waals surface area contributed by atoms with Crippen molar-refractivity contribution >= 4 is 57.0 Å². The van der Waals surface area contributed by atoms with Gasteiger partial charge in [-0.15, -0.1) is 0 Å². The summed E-state index contributed by atoms with van der Waals surface area (Å²) in [5.41, 5.74) is 0.240. The predicted molar refractivity (Wildman–Crippen MR) is 79.2 cm³/mol. The van der Waals surface area contributed by atoms with Crippen molar-refractivity contribution in [1.82, 2.24) is 10.6 Å². The van der Waals surface area contributed by atoms with E-state index in [1.54, 1.807) is 0 Å². The average Bonchev–Trinajstić information content (AvgIpc) is 2.85. The van der Waals surface area contributed by atoms with E-state index in [1.165, 1.54) is 0 Å². The molecule has 0 saturated carbocycles. The molecule has 0 atom stereocenters. The number of nitrogens with one attached hydrogen (secondary N) is 3. The van der Waals surface area contributed by atoms with Crippen LogP contribution in [-0.2, 0) is 0 Å². The third-order valence-corrected chi connectivity index (χ3v) is 4.38. The number of halogens is 2. The van der Waals surface area contributed by atoms with Gasteiger partial charge in [-0.3, -0.25) is 5.41 Å². The minimum Gasteiger partial charge on any atom is -0.338 e. The maximum absolute atomic E-state index is 13.9. The summed E-state index contributed by atoms with van der Waals surface area (Å²) in [5.74, 6) is -1.43. The van der Waals surface area contributed by atoms with Gasteiger partial charge in [0, 0.05) is 5.56 Å². The molecule has 2 heterocycles. The third-order valence-electron chi connectivity index (χ3n) is 2.70. The molecule has 1 aromatic rings. The summed E-state index contributed by atoms with van der Waals surface area (Å²) in [6.45, 7) is 0. The molecule has 0 aliphatic carbocycles. The summed E-state index contributed by atoms with van der Waals surface area (Å²) < 4.78 is 28.1. The van der Waals surface area contributed by atoms with E-state index < -0.39 is 11.6 Å². The van der Waals surface area contributed by atoms with Crippen LogP contribution in [0.15, 0.2) is 17.0 Å². The fourth-order valence-corrected chi connectivity index (χ4v) is 3.49. The first-order valence-corrected chi connectivity index (χ1v) is 6.74. The van der Waals surface area contributed by atoms with Crippen LogP contribution in [0.1, 0.15) is 11.1 Å². The summed E-state index contributed by atoms with van der Waals surface area (Å²) >= 11 is 11.2. The second-order valence-electron chi connectivity index (χ2n) is 3.83. The molecule has 1 aromatic carbocycles. The summed E-state index contributed by atoms with van der Waals surface area (Å²) in [4.78, 5) is 0.856. The lowest BCUT2D eigenvalue weighted by molar-refractivity contribution is 0.596. The van der Waals surface area contributed by atoms with Crippen LogP contribution >= 0.6 is 36.2 Å². The molecule has 3 N–H and O–H groups in total. The Morgan fingerprint density at radius 3 is 2.26 bits per heavy atom. The Morgan fingerprint density at radius 2 is 1.68 bits per heavy atom. The Hall–Kier alpha value is -1.38. The number of benzene rings is 1. The predicted octanol–water partition coefficient (Wildman–Crippen LogP) is 2.51. The molecule has 0 amide bonds. The smallest absolute Gasteiger partial charge is 0.143 e. The zero-order valence-electron chi connectivity index (χ0n) is 9.14. The minimum absolute atomic E-state index is 0.0290. The number of rotatable bonds is 0. The monoisotopic (exact) mass is 313 g/mol. The number of amidine groups is 1. The minimum atomic E-state index is -0.644. The van der Waals surface area contributed by atoms with Gasteiger partial charge < -0.3 is 10.6 Å². The highest BCUT2D eigenvalue weighted by Crippen LogP contribution is 2.37. The maximum Gasteiger partial charge on any atom is 0.143 e. The summed E-state index contributed by atoms with van der Waals surface area (Å²) in [7, 11) is 0. The van der Waals surface area contributed by atoms with E-state index in [0.717, 1.165) is 23.9 Å². The van der Waals surface area contributed by atoms with Crippen molar-refractivity contribution < 1.29 is 8.78 Å². The Morgan fingerprint density at radius 1 is 1.05 bits per heavy atom. The number of thiocarbonyl (C=S) groups is 2. The highest BCUT2D eigenvalue weighted by Gasteiger charge is 2.33.